The molecule has 114 valence electrons. The van der Waals surface area contributed by atoms with E-state index in [4.69, 9.17) is 5.11 Å². The molecule has 0 saturated carbocycles. The Balaban J connectivity index is 1.75. The van der Waals surface area contributed by atoms with Crippen molar-refractivity contribution in [2.75, 3.05) is 18.4 Å². The van der Waals surface area contributed by atoms with Crippen molar-refractivity contribution in [3.63, 3.8) is 0 Å². The molecule has 1 aromatic carbocycles. The summed E-state index contributed by atoms with van der Waals surface area (Å²) in [4.78, 5) is 13.4. The highest BCUT2D eigenvalue weighted by molar-refractivity contribution is 5.89. The van der Waals surface area contributed by atoms with Crippen LogP contribution in [0.3, 0.4) is 0 Å². The highest BCUT2D eigenvalue weighted by Gasteiger charge is 2.32. The lowest BCUT2D eigenvalue weighted by atomic mass is 9.97. The molecule has 2 heterocycles. The van der Waals surface area contributed by atoms with E-state index in [2.05, 4.69) is 10.2 Å². The van der Waals surface area contributed by atoms with Crippen molar-refractivity contribution < 1.29 is 18.7 Å². The molecule has 21 heavy (non-hydrogen) atoms. The van der Waals surface area contributed by atoms with Crippen LogP contribution in [0, 0.1) is 11.6 Å². The van der Waals surface area contributed by atoms with Gasteiger partial charge in [-0.1, -0.05) is 0 Å². The fourth-order valence-electron chi connectivity index (χ4n) is 3.40. The Labute approximate surface area is 121 Å². The molecule has 0 aromatic heterocycles. The van der Waals surface area contributed by atoms with E-state index in [1.54, 1.807) is 0 Å². The Kier molecular flexibility index (Phi) is 3.80. The van der Waals surface area contributed by atoms with Crippen LogP contribution in [-0.2, 0) is 0 Å². The molecule has 2 unspecified atom stereocenters. The number of carbonyl (C=O) groups is 1. The summed E-state index contributed by atoms with van der Waals surface area (Å²) in [6, 6.07) is 2.31. The lowest BCUT2D eigenvalue weighted by Gasteiger charge is -2.35. The number of anilines is 1. The number of benzene rings is 1. The molecule has 1 aromatic rings. The van der Waals surface area contributed by atoms with Crippen LogP contribution in [0.25, 0.3) is 0 Å². The van der Waals surface area contributed by atoms with Gasteiger partial charge in [-0.2, -0.15) is 0 Å². The van der Waals surface area contributed by atoms with Crippen LogP contribution in [0.4, 0.5) is 14.5 Å². The molecule has 6 heteroatoms. The van der Waals surface area contributed by atoms with Crippen LogP contribution in [0.1, 0.15) is 36.0 Å². The maximum Gasteiger partial charge on any atom is 0.338 e. The van der Waals surface area contributed by atoms with E-state index < -0.39 is 23.2 Å². The first-order valence-electron chi connectivity index (χ1n) is 7.27. The average Bonchev–Trinajstić information content (AvgIpc) is 2.88. The number of hydrogen-bond donors (Lipinski definition) is 2. The summed E-state index contributed by atoms with van der Waals surface area (Å²) in [5, 5.41) is 12.0. The summed E-state index contributed by atoms with van der Waals surface area (Å²) >= 11 is 0. The minimum Gasteiger partial charge on any atom is -0.478 e. The number of fused-ring (bicyclic) bond motifs is 1. The van der Waals surface area contributed by atoms with Crippen molar-refractivity contribution in [3.05, 3.63) is 29.3 Å². The Morgan fingerprint density at radius 1 is 1.24 bits per heavy atom. The molecule has 0 amide bonds. The summed E-state index contributed by atoms with van der Waals surface area (Å²) in [7, 11) is 0. The van der Waals surface area contributed by atoms with E-state index in [0.717, 1.165) is 38.4 Å². The van der Waals surface area contributed by atoms with Crippen molar-refractivity contribution in [2.24, 2.45) is 0 Å². The lowest BCUT2D eigenvalue weighted by molar-refractivity contribution is 0.0692. The fraction of sp³-hybridized carbons (Fsp3) is 0.533. The molecule has 0 spiro atoms. The molecule has 2 N–H and O–H groups in total. The van der Waals surface area contributed by atoms with Gasteiger partial charge in [0.05, 0.1) is 11.3 Å². The van der Waals surface area contributed by atoms with Gasteiger partial charge in [0.1, 0.15) is 11.6 Å². The van der Waals surface area contributed by atoms with Crippen molar-refractivity contribution in [3.8, 4) is 0 Å². The molecule has 0 radical (unpaired) electrons. The standard InChI is InChI=1S/C15H18F2N2O2/c16-12-8-13(17)14(7-11(12)15(20)21)18-9-3-5-19-4-1-2-10(19)6-9/h7-10,18H,1-6H2,(H,20,21). The summed E-state index contributed by atoms with van der Waals surface area (Å²) in [6.45, 7) is 2.10. The van der Waals surface area contributed by atoms with Gasteiger partial charge >= 0.3 is 5.97 Å². The normalized spacial score (nSPS) is 25.6. The van der Waals surface area contributed by atoms with E-state index in [1.807, 2.05) is 0 Å². The van der Waals surface area contributed by atoms with Gasteiger partial charge in [-0.05, 0) is 38.3 Å². The number of carboxylic acid groups (broad SMARTS) is 1. The molecule has 2 aliphatic heterocycles. The van der Waals surface area contributed by atoms with Gasteiger partial charge in [0.2, 0.25) is 0 Å². The van der Waals surface area contributed by atoms with Gasteiger partial charge in [-0.15, -0.1) is 0 Å². The summed E-state index contributed by atoms with van der Waals surface area (Å²) < 4.78 is 27.2. The minimum atomic E-state index is -1.39. The molecule has 2 aliphatic rings. The number of piperidine rings is 1. The molecule has 2 atom stereocenters. The molecular formula is C15H18F2N2O2. The minimum absolute atomic E-state index is 0.0743. The van der Waals surface area contributed by atoms with Crippen LogP contribution in [0.15, 0.2) is 12.1 Å². The third-order valence-electron chi connectivity index (χ3n) is 4.47. The summed E-state index contributed by atoms with van der Waals surface area (Å²) in [6.07, 6.45) is 4.16. The highest BCUT2D eigenvalue weighted by Crippen LogP contribution is 2.29. The number of halogens is 2. The third-order valence-corrected chi connectivity index (χ3v) is 4.47. The number of aromatic carboxylic acids is 1. The third kappa shape index (κ3) is 2.85. The first-order chi connectivity index (χ1) is 10.0. The van der Waals surface area contributed by atoms with E-state index in [9.17, 15) is 13.6 Å². The van der Waals surface area contributed by atoms with Crippen molar-refractivity contribution >= 4 is 11.7 Å². The van der Waals surface area contributed by atoms with Crippen molar-refractivity contribution in [1.82, 2.24) is 4.90 Å². The van der Waals surface area contributed by atoms with Gasteiger partial charge in [-0.3, -0.25) is 0 Å². The zero-order valence-electron chi connectivity index (χ0n) is 11.6. The second-order valence-corrected chi connectivity index (χ2v) is 5.81. The second-order valence-electron chi connectivity index (χ2n) is 5.81. The van der Waals surface area contributed by atoms with Gasteiger partial charge < -0.3 is 15.3 Å². The number of carboxylic acids is 1. The molecule has 4 nitrogen and oxygen atoms in total. The smallest absolute Gasteiger partial charge is 0.338 e. The summed E-state index contributed by atoms with van der Waals surface area (Å²) in [5.74, 6) is -3.18. The first kappa shape index (κ1) is 14.3. The van der Waals surface area contributed by atoms with Crippen LogP contribution in [0.5, 0.6) is 0 Å². The maximum absolute atomic E-state index is 13.8. The van der Waals surface area contributed by atoms with Crippen LogP contribution in [-0.4, -0.2) is 41.1 Å². The van der Waals surface area contributed by atoms with Gasteiger partial charge in [0.25, 0.3) is 0 Å². The predicted octanol–water partition coefficient (Wildman–Crippen LogP) is 2.70. The van der Waals surface area contributed by atoms with E-state index >= 15 is 0 Å². The van der Waals surface area contributed by atoms with Gasteiger partial charge in [-0.25, -0.2) is 13.6 Å². The fourth-order valence-corrected chi connectivity index (χ4v) is 3.40. The van der Waals surface area contributed by atoms with Gasteiger partial charge in [0.15, 0.2) is 0 Å². The van der Waals surface area contributed by atoms with Crippen molar-refractivity contribution in [1.29, 1.82) is 0 Å². The number of rotatable bonds is 3. The molecule has 3 rings (SSSR count). The zero-order chi connectivity index (χ0) is 15.0. The molecule has 2 saturated heterocycles. The summed E-state index contributed by atoms with van der Waals surface area (Å²) in [5.41, 5.74) is -0.428. The quantitative estimate of drug-likeness (QED) is 0.900. The van der Waals surface area contributed by atoms with E-state index in [0.29, 0.717) is 12.1 Å². The number of nitrogens with zero attached hydrogens (tertiary/aromatic N) is 1. The Hall–Kier alpha value is -1.69. The highest BCUT2D eigenvalue weighted by atomic mass is 19.1. The van der Waals surface area contributed by atoms with E-state index in [-0.39, 0.29) is 11.7 Å². The predicted molar refractivity (Wildman–Crippen MR) is 74.6 cm³/mol. The molecule has 0 bridgehead atoms. The van der Waals surface area contributed by atoms with E-state index in [1.165, 1.54) is 6.42 Å². The lowest BCUT2D eigenvalue weighted by Crippen LogP contribution is -2.42. The SMILES string of the molecule is O=C(O)c1cc(NC2CCN3CCCC3C2)c(F)cc1F. The van der Waals surface area contributed by atoms with Crippen LogP contribution in [0.2, 0.25) is 0 Å². The maximum atomic E-state index is 13.8. The largest absolute Gasteiger partial charge is 0.478 e. The van der Waals surface area contributed by atoms with Crippen LogP contribution < -0.4 is 5.32 Å². The Morgan fingerprint density at radius 3 is 2.81 bits per heavy atom. The second kappa shape index (κ2) is 5.60. The molecule has 0 aliphatic carbocycles. The molecule has 2 fully saturated rings. The average molecular weight is 296 g/mol. The Morgan fingerprint density at radius 2 is 2.05 bits per heavy atom. The Bertz CT molecular complexity index is 565. The first-order valence-corrected chi connectivity index (χ1v) is 7.27. The van der Waals surface area contributed by atoms with Gasteiger partial charge in [0, 0.05) is 24.7 Å². The number of nitrogens with one attached hydrogen (secondary N) is 1. The topological polar surface area (TPSA) is 52.6 Å². The monoisotopic (exact) mass is 296 g/mol. The van der Waals surface area contributed by atoms with Crippen LogP contribution >= 0.6 is 0 Å². The molecular weight excluding hydrogens is 278 g/mol. The number of hydrogen-bond acceptors (Lipinski definition) is 3. The zero-order valence-corrected chi connectivity index (χ0v) is 11.6. The van der Waals surface area contributed by atoms with Crippen molar-refractivity contribution in [2.45, 2.75) is 37.8 Å².